The van der Waals surface area contributed by atoms with Gasteiger partial charge in [0.1, 0.15) is 0 Å². The molecule has 1 fully saturated rings. The van der Waals surface area contributed by atoms with Crippen LogP contribution in [0.25, 0.3) is 0 Å². The van der Waals surface area contributed by atoms with Gasteiger partial charge in [-0.1, -0.05) is 6.07 Å². The minimum absolute atomic E-state index is 0.173. The van der Waals surface area contributed by atoms with Gasteiger partial charge in [0.2, 0.25) is 5.91 Å². The number of hydrogen-bond donors (Lipinski definition) is 2. The second kappa shape index (κ2) is 7.85. The summed E-state index contributed by atoms with van der Waals surface area (Å²) in [5, 5.41) is 3.14. The van der Waals surface area contributed by atoms with Crippen LogP contribution in [0.2, 0.25) is 0 Å². The van der Waals surface area contributed by atoms with Gasteiger partial charge >= 0.3 is 0 Å². The maximum absolute atomic E-state index is 11.9. The van der Waals surface area contributed by atoms with Crippen molar-refractivity contribution in [3.05, 3.63) is 29.3 Å². The number of carbonyl (C=O) groups is 1. The molecule has 0 spiro atoms. The quantitative estimate of drug-likeness (QED) is 0.822. The van der Waals surface area contributed by atoms with E-state index in [0.717, 1.165) is 31.4 Å². The SMILES string of the molecule is Cc1ccc(SCCC(=O)NC2CCC(N)CC2)cc1C. The van der Waals surface area contributed by atoms with Crippen LogP contribution in [-0.2, 0) is 4.79 Å². The van der Waals surface area contributed by atoms with Crippen molar-refractivity contribution in [2.45, 2.75) is 62.9 Å². The molecule has 4 heteroatoms. The van der Waals surface area contributed by atoms with Crippen LogP contribution in [0.5, 0.6) is 0 Å². The molecule has 0 aliphatic heterocycles. The number of aryl methyl sites for hydroxylation is 2. The largest absolute Gasteiger partial charge is 0.353 e. The summed E-state index contributed by atoms with van der Waals surface area (Å²) in [6.45, 7) is 4.24. The van der Waals surface area contributed by atoms with Gasteiger partial charge in [0.05, 0.1) is 0 Å². The molecule has 1 aliphatic carbocycles. The first kappa shape index (κ1) is 16.4. The fourth-order valence-corrected chi connectivity index (χ4v) is 3.58. The summed E-state index contributed by atoms with van der Waals surface area (Å²) in [5.41, 5.74) is 8.50. The summed E-state index contributed by atoms with van der Waals surface area (Å²) in [7, 11) is 0. The molecule has 116 valence electrons. The van der Waals surface area contributed by atoms with Crippen molar-refractivity contribution in [3.8, 4) is 0 Å². The lowest BCUT2D eigenvalue weighted by Gasteiger charge is -2.26. The van der Waals surface area contributed by atoms with Crippen LogP contribution >= 0.6 is 11.8 Å². The van der Waals surface area contributed by atoms with Crippen molar-refractivity contribution in [2.75, 3.05) is 5.75 Å². The number of hydrogen-bond acceptors (Lipinski definition) is 3. The van der Waals surface area contributed by atoms with Gasteiger partial charge in [-0.15, -0.1) is 11.8 Å². The van der Waals surface area contributed by atoms with E-state index in [2.05, 4.69) is 37.4 Å². The van der Waals surface area contributed by atoms with Crippen molar-refractivity contribution in [3.63, 3.8) is 0 Å². The van der Waals surface area contributed by atoms with E-state index in [4.69, 9.17) is 5.73 Å². The molecule has 0 bridgehead atoms. The summed E-state index contributed by atoms with van der Waals surface area (Å²) in [6.07, 6.45) is 4.69. The Kier molecular flexibility index (Phi) is 6.12. The second-order valence-corrected chi connectivity index (χ2v) is 7.19. The predicted molar refractivity (Wildman–Crippen MR) is 89.6 cm³/mol. The molecular formula is C17H26N2OS. The minimum Gasteiger partial charge on any atom is -0.353 e. The topological polar surface area (TPSA) is 55.1 Å². The van der Waals surface area contributed by atoms with E-state index in [-0.39, 0.29) is 5.91 Å². The Morgan fingerprint density at radius 3 is 2.62 bits per heavy atom. The molecule has 3 nitrogen and oxygen atoms in total. The van der Waals surface area contributed by atoms with Gasteiger partial charge < -0.3 is 11.1 Å². The third-order valence-electron chi connectivity index (χ3n) is 4.21. The highest BCUT2D eigenvalue weighted by atomic mass is 32.2. The molecule has 1 aromatic carbocycles. The monoisotopic (exact) mass is 306 g/mol. The second-order valence-electron chi connectivity index (χ2n) is 6.02. The van der Waals surface area contributed by atoms with Gasteiger partial charge in [-0.3, -0.25) is 4.79 Å². The third-order valence-corrected chi connectivity index (χ3v) is 5.21. The zero-order valence-electron chi connectivity index (χ0n) is 13.0. The first-order valence-corrected chi connectivity index (χ1v) is 8.78. The Bertz CT molecular complexity index is 482. The summed E-state index contributed by atoms with van der Waals surface area (Å²) < 4.78 is 0. The van der Waals surface area contributed by atoms with E-state index >= 15 is 0 Å². The molecule has 1 saturated carbocycles. The van der Waals surface area contributed by atoms with Crippen molar-refractivity contribution in [1.29, 1.82) is 0 Å². The Balaban J connectivity index is 1.68. The highest BCUT2D eigenvalue weighted by Crippen LogP contribution is 2.22. The molecule has 0 aromatic heterocycles. The number of nitrogens with one attached hydrogen (secondary N) is 1. The maximum Gasteiger partial charge on any atom is 0.221 e. The molecule has 0 heterocycles. The van der Waals surface area contributed by atoms with E-state index in [9.17, 15) is 4.79 Å². The van der Waals surface area contributed by atoms with Gasteiger partial charge in [-0.25, -0.2) is 0 Å². The molecule has 0 saturated heterocycles. The van der Waals surface area contributed by atoms with Crippen LogP contribution in [0, 0.1) is 13.8 Å². The van der Waals surface area contributed by atoms with Crippen molar-refractivity contribution in [2.24, 2.45) is 5.73 Å². The molecule has 1 aromatic rings. The summed E-state index contributed by atoms with van der Waals surface area (Å²) >= 11 is 1.75. The number of amides is 1. The van der Waals surface area contributed by atoms with E-state index < -0.39 is 0 Å². The lowest BCUT2D eigenvalue weighted by molar-refractivity contribution is -0.121. The molecule has 1 amide bonds. The molecule has 21 heavy (non-hydrogen) atoms. The summed E-state index contributed by atoms with van der Waals surface area (Å²) in [6, 6.07) is 7.14. The predicted octanol–water partition coefficient (Wildman–Crippen LogP) is 3.17. The molecular weight excluding hydrogens is 280 g/mol. The lowest BCUT2D eigenvalue weighted by atomic mass is 9.92. The molecule has 0 atom stereocenters. The first-order chi connectivity index (χ1) is 10.0. The average molecular weight is 306 g/mol. The Morgan fingerprint density at radius 1 is 1.24 bits per heavy atom. The number of rotatable bonds is 5. The Morgan fingerprint density at radius 2 is 1.95 bits per heavy atom. The fraction of sp³-hybridized carbons (Fsp3) is 0.588. The van der Waals surface area contributed by atoms with E-state index in [1.165, 1.54) is 16.0 Å². The fourth-order valence-electron chi connectivity index (χ4n) is 2.63. The zero-order valence-corrected chi connectivity index (χ0v) is 13.8. The number of nitrogens with two attached hydrogens (primary N) is 1. The maximum atomic E-state index is 11.9. The van der Waals surface area contributed by atoms with Crippen LogP contribution in [0.4, 0.5) is 0 Å². The number of benzene rings is 1. The van der Waals surface area contributed by atoms with Crippen molar-refractivity contribution < 1.29 is 4.79 Å². The van der Waals surface area contributed by atoms with Crippen LogP contribution in [0.3, 0.4) is 0 Å². The van der Waals surface area contributed by atoms with Crippen LogP contribution in [0.15, 0.2) is 23.1 Å². The Hall–Kier alpha value is -1.00. The molecule has 0 unspecified atom stereocenters. The lowest BCUT2D eigenvalue weighted by Crippen LogP contribution is -2.40. The standard InChI is InChI=1S/C17H26N2OS/c1-12-3-8-16(11-13(12)2)21-10-9-17(20)19-15-6-4-14(18)5-7-15/h3,8,11,14-15H,4-7,9-10,18H2,1-2H3,(H,19,20). The molecule has 1 aliphatic rings. The third kappa shape index (κ3) is 5.36. The van der Waals surface area contributed by atoms with Gasteiger partial charge in [0, 0.05) is 29.2 Å². The van der Waals surface area contributed by atoms with Gasteiger partial charge in [0.15, 0.2) is 0 Å². The van der Waals surface area contributed by atoms with Crippen LogP contribution in [0.1, 0.15) is 43.2 Å². The van der Waals surface area contributed by atoms with E-state index in [1.54, 1.807) is 11.8 Å². The smallest absolute Gasteiger partial charge is 0.221 e. The molecule has 3 N–H and O–H groups in total. The highest BCUT2D eigenvalue weighted by molar-refractivity contribution is 7.99. The Labute approximate surface area is 132 Å². The van der Waals surface area contributed by atoms with Crippen molar-refractivity contribution >= 4 is 17.7 Å². The van der Waals surface area contributed by atoms with Crippen LogP contribution < -0.4 is 11.1 Å². The zero-order chi connectivity index (χ0) is 15.2. The normalized spacial score (nSPS) is 22.0. The first-order valence-electron chi connectivity index (χ1n) is 7.79. The summed E-state index contributed by atoms with van der Waals surface area (Å²) in [5.74, 6) is 1.01. The highest BCUT2D eigenvalue weighted by Gasteiger charge is 2.19. The van der Waals surface area contributed by atoms with Gasteiger partial charge in [-0.05, 0) is 62.8 Å². The van der Waals surface area contributed by atoms with E-state index in [0.29, 0.717) is 18.5 Å². The minimum atomic E-state index is 0.173. The summed E-state index contributed by atoms with van der Waals surface area (Å²) in [4.78, 5) is 13.2. The number of thioether (sulfide) groups is 1. The van der Waals surface area contributed by atoms with Crippen LogP contribution in [-0.4, -0.2) is 23.7 Å². The van der Waals surface area contributed by atoms with Crippen molar-refractivity contribution in [1.82, 2.24) is 5.32 Å². The molecule has 2 rings (SSSR count). The van der Waals surface area contributed by atoms with E-state index in [1.807, 2.05) is 0 Å². The van der Waals surface area contributed by atoms with Gasteiger partial charge in [-0.2, -0.15) is 0 Å². The molecule has 0 radical (unpaired) electrons. The van der Waals surface area contributed by atoms with Gasteiger partial charge in [0.25, 0.3) is 0 Å². The average Bonchev–Trinajstić information content (AvgIpc) is 2.45. The number of carbonyl (C=O) groups excluding carboxylic acids is 1.